The summed E-state index contributed by atoms with van der Waals surface area (Å²) in [6.07, 6.45) is 1.90. The highest BCUT2D eigenvalue weighted by molar-refractivity contribution is 6.30. The predicted molar refractivity (Wildman–Crippen MR) is 95.2 cm³/mol. The quantitative estimate of drug-likeness (QED) is 0.896. The molecule has 1 amide bonds. The van der Waals surface area contributed by atoms with Gasteiger partial charge in [-0.15, -0.1) is 0 Å². The number of amides is 1. The van der Waals surface area contributed by atoms with Gasteiger partial charge in [0.05, 0.1) is 5.92 Å². The summed E-state index contributed by atoms with van der Waals surface area (Å²) in [6.45, 7) is 2.52. The topological polar surface area (TPSA) is 55.6 Å². The van der Waals surface area contributed by atoms with Crippen LogP contribution in [0.25, 0.3) is 0 Å². The summed E-state index contributed by atoms with van der Waals surface area (Å²) >= 11 is 5.89. The Morgan fingerprint density at radius 1 is 1.21 bits per heavy atom. The van der Waals surface area contributed by atoms with Gasteiger partial charge in [0.25, 0.3) is 0 Å². The number of nitrogens with two attached hydrogens (primary N) is 1. The van der Waals surface area contributed by atoms with Crippen molar-refractivity contribution in [2.24, 2.45) is 11.7 Å². The van der Waals surface area contributed by atoms with Crippen LogP contribution in [-0.4, -0.2) is 23.9 Å². The summed E-state index contributed by atoms with van der Waals surface area (Å²) in [7, 11) is 0. The number of halogens is 1. The van der Waals surface area contributed by atoms with Crippen LogP contribution in [0, 0.1) is 5.92 Å². The van der Waals surface area contributed by atoms with Gasteiger partial charge in [-0.2, -0.15) is 0 Å². The van der Waals surface area contributed by atoms with Crippen LogP contribution >= 0.6 is 11.6 Å². The molecule has 1 saturated heterocycles. The zero-order valence-electron chi connectivity index (χ0n) is 13.5. The number of primary amides is 1. The molecule has 1 aliphatic heterocycles. The van der Waals surface area contributed by atoms with Gasteiger partial charge in [-0.25, -0.2) is 0 Å². The van der Waals surface area contributed by atoms with Crippen LogP contribution in [0.2, 0.25) is 5.02 Å². The Morgan fingerprint density at radius 2 is 2.00 bits per heavy atom. The van der Waals surface area contributed by atoms with E-state index in [9.17, 15) is 4.79 Å². The summed E-state index contributed by atoms with van der Waals surface area (Å²) in [5, 5.41) is 0.685. The van der Waals surface area contributed by atoms with Crippen LogP contribution in [0.15, 0.2) is 48.5 Å². The molecule has 126 valence electrons. The van der Waals surface area contributed by atoms with Crippen LogP contribution in [0.4, 0.5) is 0 Å². The second-order valence-corrected chi connectivity index (χ2v) is 6.62. The minimum Gasteiger partial charge on any atom is -0.457 e. The first kappa shape index (κ1) is 16.8. The molecule has 5 heteroatoms. The fourth-order valence-corrected chi connectivity index (χ4v) is 3.16. The summed E-state index contributed by atoms with van der Waals surface area (Å²) in [4.78, 5) is 13.7. The molecular formula is C19H21ClN2O2. The van der Waals surface area contributed by atoms with E-state index in [2.05, 4.69) is 11.0 Å². The van der Waals surface area contributed by atoms with Crippen LogP contribution in [0.1, 0.15) is 18.4 Å². The first-order valence-corrected chi connectivity index (χ1v) is 8.52. The normalized spacial score (nSPS) is 18.3. The minimum absolute atomic E-state index is 0.0350. The van der Waals surface area contributed by atoms with Gasteiger partial charge in [0.2, 0.25) is 5.91 Å². The zero-order chi connectivity index (χ0) is 16.9. The van der Waals surface area contributed by atoms with Gasteiger partial charge in [-0.05, 0) is 61.3 Å². The van der Waals surface area contributed by atoms with E-state index in [4.69, 9.17) is 22.1 Å². The third-order valence-electron chi connectivity index (χ3n) is 4.26. The second-order valence-electron chi connectivity index (χ2n) is 6.18. The number of ether oxygens (including phenoxy) is 1. The average molecular weight is 345 g/mol. The number of benzene rings is 2. The van der Waals surface area contributed by atoms with Crippen molar-refractivity contribution in [3.05, 3.63) is 59.1 Å². The number of hydrogen-bond donors (Lipinski definition) is 1. The van der Waals surface area contributed by atoms with Gasteiger partial charge in [0.15, 0.2) is 0 Å². The van der Waals surface area contributed by atoms with Crippen LogP contribution in [-0.2, 0) is 11.3 Å². The zero-order valence-corrected chi connectivity index (χ0v) is 14.2. The molecule has 0 spiro atoms. The summed E-state index contributed by atoms with van der Waals surface area (Å²) in [5.41, 5.74) is 6.61. The molecule has 1 aliphatic rings. The first-order chi connectivity index (χ1) is 11.6. The van der Waals surface area contributed by atoms with E-state index in [1.54, 1.807) is 12.1 Å². The molecule has 0 aromatic heterocycles. The number of nitrogens with zero attached hydrogens (tertiary/aromatic N) is 1. The van der Waals surface area contributed by atoms with Crippen molar-refractivity contribution in [2.75, 3.05) is 13.1 Å². The van der Waals surface area contributed by atoms with Crippen molar-refractivity contribution in [3.8, 4) is 11.5 Å². The maximum atomic E-state index is 11.4. The van der Waals surface area contributed by atoms with Gasteiger partial charge >= 0.3 is 0 Å². The molecule has 1 atom stereocenters. The van der Waals surface area contributed by atoms with E-state index in [0.717, 1.165) is 49.5 Å². The van der Waals surface area contributed by atoms with Crippen LogP contribution in [0.3, 0.4) is 0 Å². The Bertz CT molecular complexity index is 703. The van der Waals surface area contributed by atoms with Gasteiger partial charge < -0.3 is 10.5 Å². The predicted octanol–water partition coefficient (Wildman–Crippen LogP) is 3.83. The molecule has 0 radical (unpaired) electrons. The van der Waals surface area contributed by atoms with Crippen molar-refractivity contribution in [2.45, 2.75) is 19.4 Å². The summed E-state index contributed by atoms with van der Waals surface area (Å²) in [6, 6.07) is 15.3. The van der Waals surface area contributed by atoms with E-state index in [1.165, 1.54) is 0 Å². The van der Waals surface area contributed by atoms with Crippen molar-refractivity contribution in [1.82, 2.24) is 4.90 Å². The highest BCUT2D eigenvalue weighted by Gasteiger charge is 2.23. The Labute approximate surface area is 147 Å². The monoisotopic (exact) mass is 344 g/mol. The maximum absolute atomic E-state index is 11.4. The van der Waals surface area contributed by atoms with Crippen LogP contribution < -0.4 is 10.5 Å². The molecule has 0 aliphatic carbocycles. The lowest BCUT2D eigenvalue weighted by Gasteiger charge is -2.31. The Morgan fingerprint density at radius 3 is 2.75 bits per heavy atom. The fourth-order valence-electron chi connectivity index (χ4n) is 3.04. The van der Waals surface area contributed by atoms with Crippen molar-refractivity contribution >= 4 is 17.5 Å². The lowest BCUT2D eigenvalue weighted by Crippen LogP contribution is -2.40. The van der Waals surface area contributed by atoms with Crippen LogP contribution in [0.5, 0.6) is 11.5 Å². The Kier molecular flexibility index (Phi) is 5.38. The molecule has 1 heterocycles. The first-order valence-electron chi connectivity index (χ1n) is 8.14. The number of likely N-dealkylation sites (tertiary alicyclic amines) is 1. The van der Waals surface area contributed by atoms with Gasteiger partial charge in [-0.3, -0.25) is 9.69 Å². The fraction of sp³-hybridized carbons (Fsp3) is 0.316. The van der Waals surface area contributed by atoms with Crippen molar-refractivity contribution in [1.29, 1.82) is 0 Å². The number of carbonyl (C=O) groups is 1. The molecule has 1 fully saturated rings. The third kappa shape index (κ3) is 4.49. The second kappa shape index (κ2) is 7.69. The molecule has 4 nitrogen and oxygen atoms in total. The lowest BCUT2D eigenvalue weighted by atomic mass is 9.97. The van der Waals surface area contributed by atoms with Gasteiger partial charge in [0, 0.05) is 18.1 Å². The van der Waals surface area contributed by atoms with E-state index in [0.29, 0.717) is 5.02 Å². The highest BCUT2D eigenvalue weighted by atomic mass is 35.5. The highest BCUT2D eigenvalue weighted by Crippen LogP contribution is 2.25. The molecule has 2 aromatic rings. The molecule has 0 unspecified atom stereocenters. The molecular weight excluding hydrogens is 324 g/mol. The van der Waals surface area contributed by atoms with Gasteiger partial charge in [0.1, 0.15) is 11.5 Å². The van der Waals surface area contributed by atoms with Crippen molar-refractivity contribution in [3.63, 3.8) is 0 Å². The molecule has 2 aromatic carbocycles. The largest absolute Gasteiger partial charge is 0.457 e. The Balaban J connectivity index is 1.64. The molecule has 0 bridgehead atoms. The van der Waals surface area contributed by atoms with E-state index < -0.39 is 0 Å². The SMILES string of the molecule is NC(=O)[C@H]1CCCN(Cc2cccc(Oc3ccc(Cl)cc3)c2)C1. The number of carbonyl (C=O) groups excluding carboxylic acids is 1. The number of hydrogen-bond acceptors (Lipinski definition) is 3. The van der Waals surface area contributed by atoms with E-state index in [-0.39, 0.29) is 11.8 Å². The van der Waals surface area contributed by atoms with E-state index >= 15 is 0 Å². The molecule has 2 N–H and O–H groups in total. The summed E-state index contributed by atoms with van der Waals surface area (Å²) in [5.74, 6) is 1.31. The third-order valence-corrected chi connectivity index (χ3v) is 4.51. The Hall–Kier alpha value is -2.04. The van der Waals surface area contributed by atoms with Gasteiger partial charge in [-0.1, -0.05) is 23.7 Å². The average Bonchev–Trinajstić information content (AvgIpc) is 2.57. The van der Waals surface area contributed by atoms with Crippen molar-refractivity contribution < 1.29 is 9.53 Å². The molecule has 0 saturated carbocycles. The standard InChI is InChI=1S/C19H21ClN2O2/c20-16-6-8-17(9-7-16)24-18-5-1-3-14(11-18)12-22-10-2-4-15(13-22)19(21)23/h1,3,5-9,11,15H,2,4,10,12-13H2,(H2,21,23)/t15-/m0/s1. The molecule has 3 rings (SSSR count). The lowest BCUT2D eigenvalue weighted by molar-refractivity contribution is -0.123. The minimum atomic E-state index is -0.195. The maximum Gasteiger partial charge on any atom is 0.221 e. The smallest absolute Gasteiger partial charge is 0.221 e. The van der Waals surface area contributed by atoms with E-state index in [1.807, 2.05) is 30.3 Å². The molecule has 24 heavy (non-hydrogen) atoms. The summed E-state index contributed by atoms with van der Waals surface area (Å²) < 4.78 is 5.87. The number of rotatable bonds is 5. The number of piperidine rings is 1.